The van der Waals surface area contributed by atoms with Crippen molar-refractivity contribution in [1.82, 2.24) is 4.98 Å². The second kappa shape index (κ2) is 4.84. The van der Waals surface area contributed by atoms with Gasteiger partial charge in [0.2, 0.25) is 0 Å². The van der Waals surface area contributed by atoms with E-state index in [9.17, 15) is 9.90 Å². The Morgan fingerprint density at radius 2 is 2.18 bits per heavy atom. The number of carbonyl (C=O) groups excluding carboxylic acids is 1. The third-order valence-electron chi connectivity index (χ3n) is 3.18. The number of esters is 1. The summed E-state index contributed by atoms with van der Waals surface area (Å²) in [5.74, 6) is -0.444. The number of aromatic nitrogens is 1. The van der Waals surface area contributed by atoms with E-state index in [1.54, 1.807) is 13.0 Å². The molecule has 1 N–H and O–H groups in total. The quantitative estimate of drug-likeness (QED) is 0.794. The van der Waals surface area contributed by atoms with Crippen LogP contribution in [0.2, 0.25) is 0 Å². The Hall–Kier alpha value is -1.42. The van der Waals surface area contributed by atoms with E-state index in [4.69, 9.17) is 0 Å². The van der Waals surface area contributed by atoms with Gasteiger partial charge in [-0.3, -0.25) is 0 Å². The van der Waals surface area contributed by atoms with Gasteiger partial charge in [-0.2, -0.15) is 0 Å². The summed E-state index contributed by atoms with van der Waals surface area (Å²) >= 11 is 0. The van der Waals surface area contributed by atoms with Crippen molar-refractivity contribution in [3.8, 4) is 0 Å². The molecule has 1 unspecified atom stereocenters. The molecule has 1 atom stereocenters. The summed E-state index contributed by atoms with van der Waals surface area (Å²) in [6.07, 6.45) is 3.44. The number of ether oxygens (including phenoxy) is 1. The fourth-order valence-electron chi connectivity index (χ4n) is 2.32. The highest BCUT2D eigenvalue weighted by atomic mass is 16.5. The zero-order chi connectivity index (χ0) is 12.4. The van der Waals surface area contributed by atoms with Crippen LogP contribution in [0.3, 0.4) is 0 Å². The number of hydrogen-bond acceptors (Lipinski definition) is 4. The molecule has 1 aromatic heterocycles. The number of pyridine rings is 1. The lowest BCUT2D eigenvalue weighted by atomic mass is 9.90. The van der Waals surface area contributed by atoms with Gasteiger partial charge in [-0.1, -0.05) is 0 Å². The van der Waals surface area contributed by atoms with E-state index in [1.165, 1.54) is 7.11 Å². The maximum Gasteiger partial charge on any atom is 0.356 e. The second-order valence-electron chi connectivity index (χ2n) is 4.40. The van der Waals surface area contributed by atoms with Crippen molar-refractivity contribution in [2.75, 3.05) is 7.11 Å². The highest BCUT2D eigenvalue weighted by Gasteiger charge is 2.21. The Bertz CT molecular complexity index is 441. The van der Waals surface area contributed by atoms with Gasteiger partial charge >= 0.3 is 5.97 Å². The summed E-state index contributed by atoms with van der Waals surface area (Å²) in [5, 5.41) is 9.78. The van der Waals surface area contributed by atoms with E-state index < -0.39 is 12.1 Å². The Kier molecular flexibility index (Phi) is 3.43. The first-order chi connectivity index (χ1) is 8.13. The fourth-order valence-corrected chi connectivity index (χ4v) is 2.32. The molecule has 0 saturated carbocycles. The van der Waals surface area contributed by atoms with E-state index in [-0.39, 0.29) is 0 Å². The van der Waals surface area contributed by atoms with Crippen LogP contribution in [0.25, 0.3) is 0 Å². The van der Waals surface area contributed by atoms with Gasteiger partial charge in [0.15, 0.2) is 0 Å². The number of aryl methyl sites for hydroxylation is 1. The summed E-state index contributed by atoms with van der Waals surface area (Å²) in [7, 11) is 1.34. The van der Waals surface area contributed by atoms with Crippen molar-refractivity contribution in [1.29, 1.82) is 0 Å². The normalized spacial score (nSPS) is 16.2. The van der Waals surface area contributed by atoms with Crippen molar-refractivity contribution in [2.45, 2.75) is 38.7 Å². The summed E-state index contributed by atoms with van der Waals surface area (Å²) in [6, 6.07) is 1.65. The number of aliphatic hydroxyl groups is 1. The molecule has 4 heteroatoms. The maximum atomic E-state index is 11.5. The van der Waals surface area contributed by atoms with E-state index in [0.717, 1.165) is 42.5 Å². The second-order valence-corrected chi connectivity index (χ2v) is 4.40. The number of hydrogen-bond donors (Lipinski definition) is 1. The van der Waals surface area contributed by atoms with Crippen LogP contribution in [-0.2, 0) is 17.6 Å². The van der Waals surface area contributed by atoms with Crippen molar-refractivity contribution < 1.29 is 14.6 Å². The van der Waals surface area contributed by atoms with E-state index >= 15 is 0 Å². The topological polar surface area (TPSA) is 59.4 Å². The van der Waals surface area contributed by atoms with Crippen LogP contribution in [0.1, 0.15) is 53.2 Å². The minimum absolute atomic E-state index is 0.295. The molecular formula is C13H17NO3. The lowest BCUT2D eigenvalue weighted by Crippen LogP contribution is -2.15. The molecule has 0 fully saturated rings. The highest BCUT2D eigenvalue weighted by molar-refractivity contribution is 5.87. The standard InChI is InChI=1S/C13H17NO3/c1-8(15)10-7-12(13(16)17-2)14-11-6-4-3-5-9(10)11/h7-8,15H,3-6H2,1-2H3. The molecule has 4 nitrogen and oxygen atoms in total. The molecule has 1 aromatic rings. The zero-order valence-electron chi connectivity index (χ0n) is 10.2. The zero-order valence-corrected chi connectivity index (χ0v) is 10.2. The molecule has 1 aliphatic carbocycles. The average Bonchev–Trinajstić information content (AvgIpc) is 2.36. The van der Waals surface area contributed by atoms with Crippen molar-refractivity contribution in [3.05, 3.63) is 28.6 Å². The fraction of sp³-hybridized carbons (Fsp3) is 0.538. The van der Waals surface area contributed by atoms with Crippen LogP contribution in [0.5, 0.6) is 0 Å². The SMILES string of the molecule is COC(=O)c1cc(C(C)O)c2c(n1)CCCC2. The first kappa shape index (κ1) is 12.0. The Morgan fingerprint density at radius 3 is 2.82 bits per heavy atom. The summed E-state index contributed by atoms with van der Waals surface area (Å²) in [5.41, 5.74) is 3.16. The van der Waals surface area contributed by atoms with Gasteiger partial charge in [0.25, 0.3) is 0 Å². The lowest BCUT2D eigenvalue weighted by molar-refractivity contribution is 0.0593. The van der Waals surface area contributed by atoms with Crippen LogP contribution in [0, 0.1) is 0 Å². The van der Waals surface area contributed by atoms with Gasteiger partial charge in [-0.15, -0.1) is 0 Å². The molecule has 92 valence electrons. The van der Waals surface area contributed by atoms with Gasteiger partial charge in [0.1, 0.15) is 5.69 Å². The van der Waals surface area contributed by atoms with Crippen LogP contribution < -0.4 is 0 Å². The monoisotopic (exact) mass is 235 g/mol. The molecule has 1 heterocycles. The Morgan fingerprint density at radius 1 is 1.47 bits per heavy atom. The van der Waals surface area contributed by atoms with Crippen molar-refractivity contribution in [3.63, 3.8) is 0 Å². The predicted octanol–water partition coefficient (Wildman–Crippen LogP) is 1.80. The molecule has 2 rings (SSSR count). The smallest absolute Gasteiger partial charge is 0.356 e. The van der Waals surface area contributed by atoms with Gasteiger partial charge in [0, 0.05) is 5.69 Å². The molecule has 0 radical (unpaired) electrons. The number of nitrogens with zero attached hydrogens (tertiary/aromatic N) is 1. The number of carbonyl (C=O) groups is 1. The van der Waals surface area contributed by atoms with Crippen molar-refractivity contribution >= 4 is 5.97 Å². The molecule has 0 bridgehead atoms. The molecule has 0 spiro atoms. The molecular weight excluding hydrogens is 218 g/mol. The third kappa shape index (κ3) is 2.31. The molecule has 1 aliphatic rings. The molecule has 0 amide bonds. The first-order valence-electron chi connectivity index (χ1n) is 5.92. The minimum atomic E-state index is -0.576. The van der Waals surface area contributed by atoms with E-state index in [1.807, 2.05) is 0 Å². The van der Waals surface area contributed by atoms with Crippen LogP contribution in [0.15, 0.2) is 6.07 Å². The summed E-state index contributed by atoms with van der Waals surface area (Å²) < 4.78 is 4.68. The average molecular weight is 235 g/mol. The summed E-state index contributed by atoms with van der Waals surface area (Å²) in [4.78, 5) is 15.8. The number of fused-ring (bicyclic) bond motifs is 1. The number of aliphatic hydroxyl groups excluding tert-OH is 1. The number of methoxy groups -OCH3 is 1. The molecule has 0 saturated heterocycles. The minimum Gasteiger partial charge on any atom is -0.464 e. The van der Waals surface area contributed by atoms with Crippen LogP contribution >= 0.6 is 0 Å². The van der Waals surface area contributed by atoms with Gasteiger partial charge in [0.05, 0.1) is 13.2 Å². The van der Waals surface area contributed by atoms with Crippen molar-refractivity contribution in [2.24, 2.45) is 0 Å². The Balaban J connectivity index is 2.52. The predicted molar refractivity (Wildman–Crippen MR) is 62.9 cm³/mol. The largest absolute Gasteiger partial charge is 0.464 e. The number of rotatable bonds is 2. The molecule has 0 aromatic carbocycles. The lowest BCUT2D eigenvalue weighted by Gasteiger charge is -2.20. The third-order valence-corrected chi connectivity index (χ3v) is 3.18. The summed E-state index contributed by atoms with van der Waals surface area (Å²) in [6.45, 7) is 1.71. The Labute approximate surface area is 101 Å². The van der Waals surface area contributed by atoms with Gasteiger partial charge < -0.3 is 9.84 Å². The van der Waals surface area contributed by atoms with E-state index in [2.05, 4.69) is 9.72 Å². The van der Waals surface area contributed by atoms with E-state index in [0.29, 0.717) is 5.69 Å². The molecule has 0 aliphatic heterocycles. The van der Waals surface area contributed by atoms with Gasteiger partial charge in [-0.25, -0.2) is 9.78 Å². The highest BCUT2D eigenvalue weighted by Crippen LogP contribution is 2.28. The van der Waals surface area contributed by atoms with Crippen LogP contribution in [0.4, 0.5) is 0 Å². The van der Waals surface area contributed by atoms with Crippen LogP contribution in [-0.4, -0.2) is 23.2 Å². The first-order valence-corrected chi connectivity index (χ1v) is 5.92. The molecule has 17 heavy (non-hydrogen) atoms. The van der Waals surface area contributed by atoms with Gasteiger partial charge in [-0.05, 0) is 49.8 Å². The maximum absolute atomic E-state index is 11.5.